The molecule has 7 heteroatoms. The van der Waals surface area contributed by atoms with Crippen LogP contribution in [0.5, 0.6) is 17.2 Å². The van der Waals surface area contributed by atoms with Crippen molar-refractivity contribution in [2.75, 3.05) is 37.1 Å². The Labute approximate surface area is 212 Å². The molecule has 0 fully saturated rings. The average molecular weight is 489 g/mol. The van der Waals surface area contributed by atoms with Gasteiger partial charge in [0, 0.05) is 5.69 Å². The Morgan fingerprint density at radius 1 is 1.00 bits per heavy atom. The van der Waals surface area contributed by atoms with Gasteiger partial charge in [0.05, 0.1) is 25.8 Å². The first-order valence-corrected chi connectivity index (χ1v) is 12.0. The minimum atomic E-state index is -0.157. The smallest absolute Gasteiger partial charge is 0.265 e. The quantitative estimate of drug-likeness (QED) is 0.484. The molecule has 0 atom stereocenters. The van der Waals surface area contributed by atoms with Gasteiger partial charge >= 0.3 is 0 Å². The summed E-state index contributed by atoms with van der Waals surface area (Å²) in [5.74, 6) is 1.78. The van der Waals surface area contributed by atoms with E-state index in [9.17, 15) is 9.59 Å². The molecule has 0 radical (unpaired) electrons. The highest BCUT2D eigenvalue weighted by Gasteiger charge is 2.26. The number of hydrogen-bond acceptors (Lipinski definition) is 5. The van der Waals surface area contributed by atoms with E-state index in [1.54, 1.807) is 30.2 Å². The maximum absolute atomic E-state index is 12.6. The van der Waals surface area contributed by atoms with Crippen molar-refractivity contribution in [2.45, 2.75) is 32.6 Å². The summed E-state index contributed by atoms with van der Waals surface area (Å²) in [6.45, 7) is 7.16. The molecule has 7 nitrogen and oxygen atoms in total. The third kappa shape index (κ3) is 6.16. The fourth-order valence-electron chi connectivity index (χ4n) is 3.96. The predicted molar refractivity (Wildman–Crippen MR) is 140 cm³/mol. The van der Waals surface area contributed by atoms with Crippen molar-refractivity contribution < 1.29 is 23.8 Å². The van der Waals surface area contributed by atoms with Gasteiger partial charge in [0.25, 0.3) is 5.91 Å². The van der Waals surface area contributed by atoms with Crippen LogP contribution in [-0.4, -0.2) is 38.7 Å². The van der Waals surface area contributed by atoms with E-state index in [-0.39, 0.29) is 30.3 Å². The number of anilines is 2. The molecule has 36 heavy (non-hydrogen) atoms. The Hall–Kier alpha value is -4.00. The fraction of sp³-hybridized carbons (Fsp3) is 0.310. The summed E-state index contributed by atoms with van der Waals surface area (Å²) >= 11 is 0. The van der Waals surface area contributed by atoms with Crippen LogP contribution < -0.4 is 24.4 Å². The molecule has 0 saturated carbocycles. The molecule has 0 bridgehead atoms. The minimum absolute atomic E-state index is 0.0313. The van der Waals surface area contributed by atoms with E-state index >= 15 is 0 Å². The van der Waals surface area contributed by atoms with Crippen LogP contribution in [0, 0.1) is 0 Å². The van der Waals surface area contributed by atoms with Crippen LogP contribution in [0.4, 0.5) is 11.4 Å². The van der Waals surface area contributed by atoms with Gasteiger partial charge in [0.1, 0.15) is 23.9 Å². The lowest BCUT2D eigenvalue weighted by Crippen LogP contribution is -2.41. The van der Waals surface area contributed by atoms with Crippen molar-refractivity contribution in [1.29, 1.82) is 0 Å². The van der Waals surface area contributed by atoms with E-state index in [4.69, 9.17) is 14.2 Å². The molecule has 0 unspecified atom stereocenters. The lowest BCUT2D eigenvalue weighted by molar-refractivity contribution is -0.121. The summed E-state index contributed by atoms with van der Waals surface area (Å²) in [5.41, 5.74) is 3.38. The number of ether oxygens (including phenoxy) is 3. The zero-order chi connectivity index (χ0) is 25.7. The first-order valence-electron chi connectivity index (χ1n) is 12.0. The first-order chi connectivity index (χ1) is 17.2. The first kappa shape index (κ1) is 25.1. The second kappa shape index (κ2) is 10.7. The lowest BCUT2D eigenvalue weighted by Gasteiger charge is -2.29. The van der Waals surface area contributed by atoms with E-state index in [0.29, 0.717) is 30.3 Å². The molecule has 1 aliphatic heterocycles. The van der Waals surface area contributed by atoms with Gasteiger partial charge in [-0.05, 0) is 59.0 Å². The molecule has 3 aromatic rings. The summed E-state index contributed by atoms with van der Waals surface area (Å²) in [5, 5.41) is 2.91. The molecule has 0 saturated heterocycles. The van der Waals surface area contributed by atoms with Gasteiger partial charge in [-0.15, -0.1) is 0 Å². The molecular weight excluding hydrogens is 456 g/mol. The van der Waals surface area contributed by atoms with E-state index < -0.39 is 0 Å². The molecule has 4 rings (SSSR count). The molecular formula is C29H32N2O5. The van der Waals surface area contributed by atoms with Crippen molar-refractivity contribution in [3.05, 3.63) is 77.9 Å². The molecule has 0 spiro atoms. The molecule has 1 N–H and O–H groups in total. The highest BCUT2D eigenvalue weighted by Crippen LogP contribution is 2.34. The number of rotatable bonds is 8. The lowest BCUT2D eigenvalue weighted by atomic mass is 9.87. The molecule has 0 aliphatic carbocycles. The Morgan fingerprint density at radius 3 is 2.36 bits per heavy atom. The Kier molecular flexibility index (Phi) is 7.48. The van der Waals surface area contributed by atoms with Gasteiger partial charge < -0.3 is 24.4 Å². The number of nitrogens with one attached hydrogen (secondary N) is 1. The number of carbonyl (C=O) groups excluding carboxylic acids is 2. The summed E-state index contributed by atoms with van der Waals surface area (Å²) in [6.07, 6.45) is 0.224. The summed E-state index contributed by atoms with van der Waals surface area (Å²) in [6, 6.07) is 20.7. The molecule has 188 valence electrons. The summed E-state index contributed by atoms with van der Waals surface area (Å²) in [4.78, 5) is 26.9. The Bertz CT molecular complexity index is 1210. The largest absolute Gasteiger partial charge is 0.497 e. The van der Waals surface area contributed by atoms with Crippen LogP contribution in [0.3, 0.4) is 0 Å². The molecule has 3 aromatic carbocycles. The topological polar surface area (TPSA) is 77.1 Å². The van der Waals surface area contributed by atoms with Gasteiger partial charge in [0.15, 0.2) is 6.61 Å². The van der Waals surface area contributed by atoms with Crippen molar-refractivity contribution in [2.24, 2.45) is 0 Å². The van der Waals surface area contributed by atoms with Crippen molar-refractivity contribution in [1.82, 2.24) is 0 Å². The molecule has 1 heterocycles. The number of hydrogen-bond donors (Lipinski definition) is 1. The van der Waals surface area contributed by atoms with E-state index in [1.807, 2.05) is 36.4 Å². The molecule has 0 aromatic heterocycles. The van der Waals surface area contributed by atoms with Gasteiger partial charge in [-0.25, -0.2) is 0 Å². The number of amides is 2. The normalized spacial score (nSPS) is 13.0. The maximum Gasteiger partial charge on any atom is 0.265 e. The van der Waals surface area contributed by atoms with Crippen LogP contribution in [0.15, 0.2) is 66.7 Å². The van der Waals surface area contributed by atoms with E-state index in [1.165, 1.54) is 5.56 Å². The highest BCUT2D eigenvalue weighted by molar-refractivity contribution is 5.99. The van der Waals surface area contributed by atoms with Crippen LogP contribution in [0.2, 0.25) is 0 Å². The zero-order valence-corrected chi connectivity index (χ0v) is 21.2. The molecule has 1 aliphatic rings. The predicted octanol–water partition coefficient (Wildman–Crippen LogP) is 4.98. The SMILES string of the molecule is COc1ccc(CC(=O)Nc2ccc3c(c2)N(CCOc2ccc(C(C)(C)C)cc2)C(=O)CO3)cc1. The number of carbonyl (C=O) groups is 2. The van der Waals surface area contributed by atoms with Crippen molar-refractivity contribution in [3.8, 4) is 17.2 Å². The van der Waals surface area contributed by atoms with Gasteiger partial charge in [-0.1, -0.05) is 45.0 Å². The number of benzene rings is 3. The minimum Gasteiger partial charge on any atom is -0.497 e. The second-order valence-electron chi connectivity index (χ2n) is 9.71. The zero-order valence-electron chi connectivity index (χ0n) is 21.2. The fourth-order valence-corrected chi connectivity index (χ4v) is 3.96. The number of methoxy groups -OCH3 is 1. The van der Waals surface area contributed by atoms with E-state index in [0.717, 1.165) is 17.1 Å². The Morgan fingerprint density at radius 2 is 1.69 bits per heavy atom. The standard InChI is InChI=1S/C29H32N2O5/c1-29(2,3)21-7-12-24(13-8-21)35-16-15-31-25-18-22(9-14-26(25)36-19-28(31)33)30-27(32)17-20-5-10-23(34-4)11-6-20/h5-14,18H,15-17,19H2,1-4H3,(H,30,32). The van der Waals surface area contributed by atoms with Crippen molar-refractivity contribution in [3.63, 3.8) is 0 Å². The van der Waals surface area contributed by atoms with E-state index in [2.05, 4.69) is 38.2 Å². The third-order valence-corrected chi connectivity index (χ3v) is 6.01. The summed E-state index contributed by atoms with van der Waals surface area (Å²) < 4.78 is 16.7. The van der Waals surface area contributed by atoms with Crippen LogP contribution in [0.1, 0.15) is 31.9 Å². The summed E-state index contributed by atoms with van der Waals surface area (Å²) in [7, 11) is 1.60. The highest BCUT2D eigenvalue weighted by atomic mass is 16.5. The Balaban J connectivity index is 1.39. The number of fused-ring (bicyclic) bond motifs is 1. The van der Waals surface area contributed by atoms with Gasteiger partial charge in [-0.2, -0.15) is 0 Å². The van der Waals surface area contributed by atoms with Crippen LogP contribution in [-0.2, 0) is 21.4 Å². The maximum atomic E-state index is 12.6. The monoisotopic (exact) mass is 488 g/mol. The van der Waals surface area contributed by atoms with Crippen LogP contribution >= 0.6 is 0 Å². The van der Waals surface area contributed by atoms with Gasteiger partial charge in [-0.3, -0.25) is 9.59 Å². The average Bonchev–Trinajstić information content (AvgIpc) is 2.85. The van der Waals surface area contributed by atoms with Gasteiger partial charge in [0.2, 0.25) is 5.91 Å². The second-order valence-corrected chi connectivity index (χ2v) is 9.71. The van der Waals surface area contributed by atoms with Crippen molar-refractivity contribution >= 4 is 23.2 Å². The molecule has 2 amide bonds. The van der Waals surface area contributed by atoms with Crippen LogP contribution in [0.25, 0.3) is 0 Å². The number of nitrogens with zero attached hydrogens (tertiary/aromatic N) is 1. The third-order valence-electron chi connectivity index (χ3n) is 6.01.